The molecule has 1 rings (SSSR count). The fraction of sp³-hybridized carbons (Fsp3) is 0.556. The van der Waals surface area contributed by atoms with E-state index in [1.165, 1.54) is 0 Å². The predicted octanol–water partition coefficient (Wildman–Crippen LogP) is 3.13. The number of hydrogen-bond acceptors (Lipinski definition) is 8. The van der Waals surface area contributed by atoms with Gasteiger partial charge < -0.3 is 28.4 Å². The summed E-state index contributed by atoms with van der Waals surface area (Å²) in [5, 5.41) is 0. The minimum atomic E-state index is -0.416. The van der Waals surface area contributed by atoms with Crippen molar-refractivity contribution in [2.24, 2.45) is 0 Å². The molecule has 0 bridgehead atoms. The Morgan fingerprint density at radius 2 is 1.14 bits per heavy atom. The van der Waals surface area contributed by atoms with Crippen LogP contribution in [0.15, 0.2) is 21.1 Å². The molecule has 1 aromatic carbocycles. The Kier molecular flexibility index (Phi) is 12.9. The largest absolute Gasteiger partial charge is 0.487 e. The van der Waals surface area contributed by atoms with Crippen molar-refractivity contribution in [3.63, 3.8) is 0 Å². The highest BCUT2D eigenvalue weighted by Crippen LogP contribution is 2.36. The molecule has 0 radical (unpaired) electrons. The van der Waals surface area contributed by atoms with E-state index in [1.807, 2.05) is 0 Å². The highest BCUT2D eigenvalue weighted by molar-refractivity contribution is 9.13. The van der Waals surface area contributed by atoms with Crippen LogP contribution in [0.5, 0.6) is 11.5 Å². The Hall–Kier alpha value is -1.36. The third-order valence-corrected chi connectivity index (χ3v) is 4.85. The first-order valence-electron chi connectivity index (χ1n) is 8.69. The topological polar surface area (TPSA) is 89.5 Å². The number of hydrogen-bond donors (Lipinski definition) is 0. The molecule has 1 aromatic rings. The second-order valence-corrected chi connectivity index (χ2v) is 6.83. The first kappa shape index (κ1) is 24.7. The Morgan fingerprint density at radius 1 is 0.750 bits per heavy atom. The van der Waals surface area contributed by atoms with E-state index in [1.54, 1.807) is 26.0 Å². The highest BCUT2D eigenvalue weighted by atomic mass is 79.9. The molecular weight excluding hydrogens is 504 g/mol. The number of halogens is 2. The normalized spacial score (nSPS) is 10.4. The van der Waals surface area contributed by atoms with E-state index < -0.39 is 11.9 Å². The SMILES string of the molecule is CCOC(=O)COCCOc1cc(Br)c(Br)cc1OCCOCC(=O)OCC. The van der Waals surface area contributed by atoms with Gasteiger partial charge in [0.1, 0.15) is 26.4 Å². The standard InChI is InChI=1S/C18H24Br2O8/c1-3-25-17(21)11-23-5-7-27-15-9-13(19)14(20)10-16(15)28-8-6-24-12-18(22)26-4-2/h9-10H,3-8,11-12H2,1-2H3. The maximum atomic E-state index is 11.2. The Balaban J connectivity index is 2.42. The minimum Gasteiger partial charge on any atom is -0.487 e. The van der Waals surface area contributed by atoms with E-state index in [9.17, 15) is 9.59 Å². The maximum absolute atomic E-state index is 11.2. The molecule has 0 spiro atoms. The van der Waals surface area contributed by atoms with Gasteiger partial charge in [-0.1, -0.05) is 0 Å². The molecular formula is C18H24Br2O8. The van der Waals surface area contributed by atoms with Gasteiger partial charge in [0.15, 0.2) is 11.5 Å². The van der Waals surface area contributed by atoms with Gasteiger partial charge in [-0.05, 0) is 57.8 Å². The van der Waals surface area contributed by atoms with Gasteiger partial charge in [0, 0.05) is 8.95 Å². The molecule has 0 aliphatic heterocycles. The average molecular weight is 528 g/mol. The van der Waals surface area contributed by atoms with Crippen molar-refractivity contribution in [2.75, 3.05) is 52.9 Å². The van der Waals surface area contributed by atoms with Crippen molar-refractivity contribution in [3.05, 3.63) is 21.1 Å². The van der Waals surface area contributed by atoms with Crippen LogP contribution in [0.3, 0.4) is 0 Å². The average Bonchev–Trinajstić information content (AvgIpc) is 2.65. The molecule has 0 atom stereocenters. The Morgan fingerprint density at radius 3 is 1.50 bits per heavy atom. The van der Waals surface area contributed by atoms with Crippen LogP contribution in [0.4, 0.5) is 0 Å². The molecule has 0 saturated heterocycles. The number of carbonyl (C=O) groups excluding carboxylic acids is 2. The van der Waals surface area contributed by atoms with Crippen molar-refractivity contribution in [3.8, 4) is 11.5 Å². The van der Waals surface area contributed by atoms with Gasteiger partial charge in [0.2, 0.25) is 0 Å². The van der Waals surface area contributed by atoms with Crippen LogP contribution in [0.25, 0.3) is 0 Å². The summed E-state index contributed by atoms with van der Waals surface area (Å²) >= 11 is 6.82. The van der Waals surface area contributed by atoms with Crippen LogP contribution in [-0.4, -0.2) is 64.8 Å². The lowest BCUT2D eigenvalue weighted by Crippen LogP contribution is -2.17. The summed E-state index contributed by atoms with van der Waals surface area (Å²) in [4.78, 5) is 22.4. The van der Waals surface area contributed by atoms with E-state index in [2.05, 4.69) is 31.9 Å². The second kappa shape index (κ2) is 14.6. The lowest BCUT2D eigenvalue weighted by atomic mass is 10.3. The second-order valence-electron chi connectivity index (χ2n) is 5.13. The molecule has 10 heteroatoms. The van der Waals surface area contributed by atoms with E-state index in [0.29, 0.717) is 24.7 Å². The Labute approximate surface area is 181 Å². The molecule has 0 aliphatic carbocycles. The number of benzene rings is 1. The lowest BCUT2D eigenvalue weighted by Gasteiger charge is -2.14. The van der Waals surface area contributed by atoms with Crippen LogP contribution in [-0.2, 0) is 28.5 Å². The zero-order valence-electron chi connectivity index (χ0n) is 15.8. The zero-order valence-corrected chi connectivity index (χ0v) is 19.0. The number of rotatable bonds is 14. The summed E-state index contributed by atoms with van der Waals surface area (Å²) in [7, 11) is 0. The minimum absolute atomic E-state index is 0.123. The van der Waals surface area contributed by atoms with Crippen molar-refractivity contribution in [1.29, 1.82) is 0 Å². The molecule has 0 saturated carbocycles. The number of esters is 2. The first-order valence-corrected chi connectivity index (χ1v) is 10.3. The molecule has 0 amide bonds. The lowest BCUT2D eigenvalue weighted by molar-refractivity contribution is -0.149. The van der Waals surface area contributed by atoms with Crippen LogP contribution in [0, 0.1) is 0 Å². The third kappa shape index (κ3) is 10.3. The highest BCUT2D eigenvalue weighted by Gasteiger charge is 2.11. The molecule has 28 heavy (non-hydrogen) atoms. The van der Waals surface area contributed by atoms with Gasteiger partial charge in [-0.3, -0.25) is 0 Å². The van der Waals surface area contributed by atoms with Crippen molar-refractivity contribution < 1.29 is 38.0 Å². The molecule has 8 nitrogen and oxygen atoms in total. The fourth-order valence-electron chi connectivity index (χ4n) is 1.87. The smallest absolute Gasteiger partial charge is 0.332 e. The molecule has 0 unspecified atom stereocenters. The molecule has 158 valence electrons. The van der Waals surface area contributed by atoms with Gasteiger partial charge in [-0.25, -0.2) is 9.59 Å². The third-order valence-electron chi connectivity index (χ3n) is 3.01. The van der Waals surface area contributed by atoms with Gasteiger partial charge in [-0.2, -0.15) is 0 Å². The molecule has 0 aromatic heterocycles. The summed E-state index contributed by atoms with van der Waals surface area (Å²) < 4.78 is 32.9. The van der Waals surface area contributed by atoms with Crippen molar-refractivity contribution in [2.45, 2.75) is 13.8 Å². The van der Waals surface area contributed by atoms with Crippen molar-refractivity contribution in [1.82, 2.24) is 0 Å². The summed E-state index contributed by atoms with van der Waals surface area (Å²) in [6.07, 6.45) is 0. The predicted molar refractivity (Wildman–Crippen MR) is 108 cm³/mol. The summed E-state index contributed by atoms with van der Waals surface area (Å²) in [6, 6.07) is 3.51. The quantitative estimate of drug-likeness (QED) is 0.269. The zero-order chi connectivity index (χ0) is 20.8. The van der Waals surface area contributed by atoms with Crippen LogP contribution in [0.1, 0.15) is 13.8 Å². The van der Waals surface area contributed by atoms with Gasteiger partial charge in [0.05, 0.1) is 26.4 Å². The van der Waals surface area contributed by atoms with E-state index >= 15 is 0 Å². The molecule has 0 N–H and O–H groups in total. The van der Waals surface area contributed by atoms with E-state index in [-0.39, 0.29) is 39.6 Å². The molecule has 0 heterocycles. The summed E-state index contributed by atoms with van der Waals surface area (Å²) in [5.74, 6) is 0.168. The van der Waals surface area contributed by atoms with E-state index in [4.69, 9.17) is 28.4 Å². The van der Waals surface area contributed by atoms with Crippen LogP contribution >= 0.6 is 31.9 Å². The van der Waals surface area contributed by atoms with Gasteiger partial charge in [-0.15, -0.1) is 0 Å². The molecule has 0 fully saturated rings. The van der Waals surface area contributed by atoms with Gasteiger partial charge in [0.25, 0.3) is 0 Å². The van der Waals surface area contributed by atoms with Crippen LogP contribution < -0.4 is 9.47 Å². The monoisotopic (exact) mass is 526 g/mol. The number of ether oxygens (including phenoxy) is 6. The van der Waals surface area contributed by atoms with Gasteiger partial charge >= 0.3 is 11.9 Å². The first-order chi connectivity index (χ1) is 13.5. The van der Waals surface area contributed by atoms with E-state index in [0.717, 1.165) is 8.95 Å². The number of carbonyl (C=O) groups is 2. The molecule has 0 aliphatic rings. The maximum Gasteiger partial charge on any atom is 0.332 e. The van der Waals surface area contributed by atoms with Crippen molar-refractivity contribution >= 4 is 43.8 Å². The van der Waals surface area contributed by atoms with Crippen LogP contribution in [0.2, 0.25) is 0 Å². The summed E-state index contributed by atoms with van der Waals surface area (Å²) in [6.45, 7) is 4.73. The Bertz CT molecular complexity index is 571. The summed E-state index contributed by atoms with van der Waals surface area (Å²) in [5.41, 5.74) is 0. The fourth-order valence-corrected chi connectivity index (χ4v) is 2.52.